The van der Waals surface area contributed by atoms with Gasteiger partial charge in [0.2, 0.25) is 0 Å². The molecule has 0 fully saturated rings. The second-order valence-corrected chi connectivity index (χ2v) is 8.31. The zero-order chi connectivity index (χ0) is 23.7. The van der Waals surface area contributed by atoms with Crippen LogP contribution in [0.1, 0.15) is 41.3 Å². The number of allylic oxidation sites excluding steroid dienone is 2. The number of Topliss-reactive ketones (excluding diaryl/α,β-unsaturated/α-hetero) is 1. The zero-order valence-corrected chi connectivity index (χ0v) is 19.9. The molecule has 7 nitrogen and oxygen atoms in total. The molecule has 1 aliphatic carbocycles. The van der Waals surface area contributed by atoms with Crippen LogP contribution in [0.15, 0.2) is 57.7 Å². The topological polar surface area (TPSA) is 97.7 Å². The van der Waals surface area contributed by atoms with Crippen molar-refractivity contribution < 1.29 is 23.8 Å². The van der Waals surface area contributed by atoms with E-state index in [2.05, 4.69) is 21.2 Å². The normalized spacial score (nSPS) is 16.6. The highest BCUT2D eigenvalue weighted by Gasteiger charge is 2.43. The Morgan fingerprint density at radius 1 is 1.18 bits per heavy atom. The molecule has 8 heteroatoms. The summed E-state index contributed by atoms with van der Waals surface area (Å²) in [5.74, 6) is -0.584. The maximum absolute atomic E-state index is 13.5. The van der Waals surface area contributed by atoms with E-state index in [4.69, 9.17) is 19.5 Å². The molecule has 0 aromatic heterocycles. The maximum Gasteiger partial charge on any atom is 0.336 e. The number of ketones is 1. The summed E-state index contributed by atoms with van der Waals surface area (Å²) in [6.07, 6.45) is 0. The Hall–Kier alpha value is -3.57. The van der Waals surface area contributed by atoms with Crippen molar-refractivity contribution in [3.8, 4) is 17.6 Å². The highest BCUT2D eigenvalue weighted by Crippen LogP contribution is 2.50. The van der Waals surface area contributed by atoms with E-state index in [1.165, 1.54) is 7.11 Å². The van der Waals surface area contributed by atoms with Crippen LogP contribution < -0.4 is 14.8 Å². The average molecular weight is 509 g/mol. The second-order valence-electron chi connectivity index (χ2n) is 7.45. The van der Waals surface area contributed by atoms with Gasteiger partial charge >= 0.3 is 5.97 Å². The number of benzene rings is 2. The van der Waals surface area contributed by atoms with Gasteiger partial charge < -0.3 is 19.5 Å². The van der Waals surface area contributed by atoms with Crippen molar-refractivity contribution in [2.24, 2.45) is 0 Å². The van der Waals surface area contributed by atoms with Gasteiger partial charge in [-0.3, -0.25) is 4.79 Å². The molecule has 168 valence electrons. The van der Waals surface area contributed by atoms with E-state index in [0.717, 1.165) is 5.56 Å². The standard InChI is InChI=1S/C25H21BrN2O5/c1-4-32-18-11-16(17(26)12-19(18)33-10-9-27)21-20(25(30)31-3)13(2)28-23-14-7-5-6-8-15(14)24(29)22(21)23/h5-8,11-12,21,28H,4,10H2,1-3H3/t21-/m1/s1. The third-order valence-corrected chi connectivity index (χ3v) is 6.31. The highest BCUT2D eigenvalue weighted by molar-refractivity contribution is 9.10. The van der Waals surface area contributed by atoms with Crippen LogP contribution in [0, 0.1) is 11.3 Å². The number of ether oxygens (including phenoxy) is 3. The van der Waals surface area contributed by atoms with E-state index >= 15 is 0 Å². The lowest BCUT2D eigenvalue weighted by Crippen LogP contribution is -2.29. The van der Waals surface area contributed by atoms with E-state index in [1.54, 1.807) is 25.1 Å². The van der Waals surface area contributed by atoms with Gasteiger partial charge in [0, 0.05) is 26.9 Å². The lowest BCUT2D eigenvalue weighted by molar-refractivity contribution is -0.136. The van der Waals surface area contributed by atoms with Gasteiger partial charge in [-0.2, -0.15) is 5.26 Å². The van der Waals surface area contributed by atoms with Crippen molar-refractivity contribution in [2.45, 2.75) is 19.8 Å². The lowest BCUT2D eigenvalue weighted by atomic mass is 9.79. The van der Waals surface area contributed by atoms with Gasteiger partial charge in [-0.1, -0.05) is 40.2 Å². The molecule has 1 heterocycles. The fraction of sp³-hybridized carbons (Fsp3) is 0.240. The quantitative estimate of drug-likeness (QED) is 0.573. The maximum atomic E-state index is 13.5. The molecule has 1 atom stereocenters. The van der Waals surface area contributed by atoms with Crippen LogP contribution in [0.4, 0.5) is 0 Å². The minimum absolute atomic E-state index is 0.144. The fourth-order valence-electron chi connectivity index (χ4n) is 4.28. The molecule has 2 aromatic rings. The van der Waals surface area contributed by atoms with Crippen molar-refractivity contribution in [3.05, 3.63) is 74.4 Å². The summed E-state index contributed by atoms with van der Waals surface area (Å²) in [6.45, 7) is 3.85. The Kier molecular flexibility index (Phi) is 6.25. The summed E-state index contributed by atoms with van der Waals surface area (Å²) in [6, 6.07) is 12.7. The molecule has 0 radical (unpaired) electrons. The number of nitrogens with one attached hydrogen (secondary N) is 1. The highest BCUT2D eigenvalue weighted by atomic mass is 79.9. The first-order valence-electron chi connectivity index (χ1n) is 10.3. The summed E-state index contributed by atoms with van der Waals surface area (Å²) in [4.78, 5) is 26.4. The van der Waals surface area contributed by atoms with Crippen molar-refractivity contribution in [1.29, 1.82) is 5.26 Å². The average Bonchev–Trinajstić information content (AvgIpc) is 3.09. The lowest BCUT2D eigenvalue weighted by Gasteiger charge is -2.30. The van der Waals surface area contributed by atoms with Crippen LogP contribution in [0.3, 0.4) is 0 Å². The summed E-state index contributed by atoms with van der Waals surface area (Å²) in [5.41, 5.74) is 4.11. The molecule has 0 unspecified atom stereocenters. The predicted octanol–water partition coefficient (Wildman–Crippen LogP) is 4.49. The third kappa shape index (κ3) is 3.79. The molecule has 4 rings (SSSR count). The second kappa shape index (κ2) is 9.12. The monoisotopic (exact) mass is 508 g/mol. The Balaban J connectivity index is 1.95. The Morgan fingerprint density at radius 3 is 2.55 bits per heavy atom. The Morgan fingerprint density at radius 2 is 1.88 bits per heavy atom. The number of hydrogen-bond acceptors (Lipinski definition) is 7. The van der Waals surface area contributed by atoms with Gasteiger partial charge in [-0.05, 0) is 31.5 Å². The number of fused-ring (bicyclic) bond motifs is 2. The minimum atomic E-state index is -0.702. The van der Waals surface area contributed by atoms with E-state index in [9.17, 15) is 9.59 Å². The van der Waals surface area contributed by atoms with Crippen molar-refractivity contribution in [1.82, 2.24) is 5.32 Å². The first-order valence-corrected chi connectivity index (χ1v) is 11.1. The van der Waals surface area contributed by atoms with Gasteiger partial charge in [0.1, 0.15) is 6.07 Å². The molecular weight excluding hydrogens is 488 g/mol. The summed E-state index contributed by atoms with van der Waals surface area (Å²) in [5, 5.41) is 12.2. The first-order chi connectivity index (χ1) is 15.9. The summed E-state index contributed by atoms with van der Waals surface area (Å²) in [7, 11) is 1.31. The molecule has 1 aliphatic heterocycles. The molecular formula is C25H21BrN2O5. The summed E-state index contributed by atoms with van der Waals surface area (Å²) < 4.78 is 17.0. The molecule has 0 saturated heterocycles. The number of hydrogen-bond donors (Lipinski definition) is 1. The number of carbonyl (C=O) groups is 2. The number of methoxy groups -OCH3 is 1. The number of esters is 1. The molecule has 0 spiro atoms. The van der Waals surface area contributed by atoms with Gasteiger partial charge in [0.05, 0.1) is 30.9 Å². The van der Waals surface area contributed by atoms with E-state index < -0.39 is 11.9 Å². The number of nitrogens with zero attached hydrogens (tertiary/aromatic N) is 1. The van der Waals surface area contributed by atoms with Crippen molar-refractivity contribution in [3.63, 3.8) is 0 Å². The predicted molar refractivity (Wildman–Crippen MR) is 125 cm³/mol. The number of halogens is 1. The van der Waals surface area contributed by atoms with Gasteiger partial charge in [-0.15, -0.1) is 0 Å². The van der Waals surface area contributed by atoms with Crippen LogP contribution in [0.2, 0.25) is 0 Å². The number of carbonyl (C=O) groups excluding carboxylic acids is 2. The number of nitriles is 1. The largest absolute Gasteiger partial charge is 0.490 e. The zero-order valence-electron chi connectivity index (χ0n) is 18.3. The Labute approximate surface area is 199 Å². The van der Waals surface area contributed by atoms with Crippen LogP contribution in [0.25, 0.3) is 5.70 Å². The molecule has 2 aliphatic rings. The van der Waals surface area contributed by atoms with Crippen LogP contribution in [-0.2, 0) is 9.53 Å². The van der Waals surface area contributed by atoms with Gasteiger partial charge in [0.25, 0.3) is 0 Å². The van der Waals surface area contributed by atoms with Crippen LogP contribution >= 0.6 is 15.9 Å². The fourth-order valence-corrected chi connectivity index (χ4v) is 4.84. The molecule has 2 aromatic carbocycles. The van der Waals surface area contributed by atoms with E-state index in [0.29, 0.717) is 56.2 Å². The van der Waals surface area contributed by atoms with Crippen LogP contribution in [0.5, 0.6) is 11.5 Å². The van der Waals surface area contributed by atoms with Gasteiger partial charge in [-0.25, -0.2) is 4.79 Å². The first kappa shape index (κ1) is 22.6. The van der Waals surface area contributed by atoms with Crippen molar-refractivity contribution in [2.75, 3.05) is 20.3 Å². The van der Waals surface area contributed by atoms with Gasteiger partial charge in [0.15, 0.2) is 23.9 Å². The molecule has 33 heavy (non-hydrogen) atoms. The SMILES string of the molecule is CCOc1cc([C@@H]2C(C(=O)OC)=C(C)NC3=C2C(=O)c2ccccc23)c(Br)cc1OCC#N. The minimum Gasteiger partial charge on any atom is -0.490 e. The number of rotatable bonds is 6. The van der Waals surface area contributed by atoms with E-state index in [1.807, 2.05) is 31.2 Å². The molecule has 0 amide bonds. The molecule has 0 saturated carbocycles. The van der Waals surface area contributed by atoms with E-state index in [-0.39, 0.29) is 12.4 Å². The summed E-state index contributed by atoms with van der Waals surface area (Å²) >= 11 is 3.58. The number of dihydropyridines is 1. The van der Waals surface area contributed by atoms with Crippen molar-refractivity contribution >= 4 is 33.4 Å². The molecule has 1 N–H and O–H groups in total. The Bertz CT molecular complexity index is 1270. The molecule has 0 bridgehead atoms. The van der Waals surface area contributed by atoms with Crippen LogP contribution in [-0.4, -0.2) is 32.1 Å². The smallest absolute Gasteiger partial charge is 0.336 e. The third-order valence-electron chi connectivity index (χ3n) is 5.62.